The number of nitrogens with two attached hydrogens (primary N) is 1. The van der Waals surface area contributed by atoms with Gasteiger partial charge in [-0.05, 0) is 18.6 Å². The van der Waals surface area contributed by atoms with Crippen molar-refractivity contribution in [3.63, 3.8) is 0 Å². The average Bonchev–Trinajstić information content (AvgIpc) is 2.51. The lowest BCUT2D eigenvalue weighted by atomic mass is 10.1. The molecule has 0 saturated carbocycles. The number of nitrogen functional groups attached to an aromatic ring is 1. The summed E-state index contributed by atoms with van der Waals surface area (Å²) in [4.78, 5) is 0. The predicted molar refractivity (Wildman–Crippen MR) is 59.8 cm³/mol. The highest BCUT2D eigenvalue weighted by atomic mass is 35.5. The molecule has 1 aromatic carbocycles. The molecular formula is C11H12ClNO. The first-order valence-corrected chi connectivity index (χ1v) is 4.99. The third-order valence-corrected chi connectivity index (χ3v) is 2.73. The summed E-state index contributed by atoms with van der Waals surface area (Å²) in [6.07, 6.45) is 0.788. The topological polar surface area (TPSA) is 39.2 Å². The van der Waals surface area contributed by atoms with Gasteiger partial charge in [-0.3, -0.25) is 0 Å². The molecule has 2 rings (SSSR count). The van der Waals surface area contributed by atoms with Gasteiger partial charge >= 0.3 is 0 Å². The quantitative estimate of drug-likeness (QED) is 0.780. The van der Waals surface area contributed by atoms with Gasteiger partial charge in [-0.2, -0.15) is 0 Å². The number of hydrogen-bond acceptors (Lipinski definition) is 2. The largest absolute Gasteiger partial charge is 0.457 e. The maximum Gasteiger partial charge on any atom is 0.155 e. The van der Waals surface area contributed by atoms with Gasteiger partial charge in [-0.15, -0.1) is 0 Å². The van der Waals surface area contributed by atoms with E-state index in [4.69, 9.17) is 21.8 Å². The molecule has 0 bridgehead atoms. The first kappa shape index (κ1) is 9.41. The molecule has 0 unspecified atom stereocenters. The van der Waals surface area contributed by atoms with Crippen LogP contribution in [0.15, 0.2) is 16.5 Å². The lowest BCUT2D eigenvalue weighted by Crippen LogP contribution is -1.88. The maximum atomic E-state index is 6.02. The minimum absolute atomic E-state index is 0.622. The van der Waals surface area contributed by atoms with Crippen molar-refractivity contribution in [3.05, 3.63) is 28.5 Å². The van der Waals surface area contributed by atoms with Crippen molar-refractivity contribution in [1.82, 2.24) is 0 Å². The van der Waals surface area contributed by atoms with Gasteiger partial charge in [0.15, 0.2) is 5.58 Å². The molecule has 3 heteroatoms. The van der Waals surface area contributed by atoms with Crippen LogP contribution >= 0.6 is 11.6 Å². The van der Waals surface area contributed by atoms with Crippen LogP contribution in [-0.4, -0.2) is 0 Å². The van der Waals surface area contributed by atoms with Crippen LogP contribution in [0, 0.1) is 6.92 Å². The second-order valence-electron chi connectivity index (χ2n) is 3.36. The fraction of sp³-hybridized carbons (Fsp3) is 0.273. The third kappa shape index (κ3) is 1.18. The standard InChI is InChI=1S/C11H12ClNO/c1-3-8-10(13)9-6(2)4-5-7(12)11(9)14-8/h4-5H,3,13H2,1-2H3. The van der Waals surface area contributed by atoms with Crippen LogP contribution in [0.4, 0.5) is 5.69 Å². The van der Waals surface area contributed by atoms with Crippen molar-refractivity contribution in [2.24, 2.45) is 0 Å². The Hall–Kier alpha value is -1.15. The Morgan fingerprint density at radius 1 is 1.43 bits per heavy atom. The molecule has 1 heterocycles. The summed E-state index contributed by atoms with van der Waals surface area (Å²) in [5, 5.41) is 1.58. The van der Waals surface area contributed by atoms with Crippen LogP contribution in [-0.2, 0) is 6.42 Å². The van der Waals surface area contributed by atoms with Gasteiger partial charge in [-0.25, -0.2) is 0 Å². The van der Waals surface area contributed by atoms with E-state index in [0.29, 0.717) is 10.6 Å². The molecule has 2 N–H and O–H groups in total. The second-order valence-corrected chi connectivity index (χ2v) is 3.77. The Kier molecular flexibility index (Phi) is 2.16. The van der Waals surface area contributed by atoms with Gasteiger partial charge in [0.1, 0.15) is 5.76 Å². The molecule has 0 atom stereocenters. The number of furan rings is 1. The minimum atomic E-state index is 0.622. The van der Waals surface area contributed by atoms with E-state index in [2.05, 4.69) is 0 Å². The molecule has 0 aliphatic heterocycles. The van der Waals surface area contributed by atoms with Crippen LogP contribution < -0.4 is 5.73 Å². The minimum Gasteiger partial charge on any atom is -0.457 e. The number of fused-ring (bicyclic) bond motifs is 1. The van der Waals surface area contributed by atoms with E-state index in [9.17, 15) is 0 Å². The van der Waals surface area contributed by atoms with Crippen LogP contribution in [0.3, 0.4) is 0 Å². The van der Waals surface area contributed by atoms with Crippen molar-refractivity contribution in [2.75, 3.05) is 5.73 Å². The number of halogens is 1. The summed E-state index contributed by atoms with van der Waals surface area (Å²) in [6, 6.07) is 3.79. The molecule has 0 aliphatic rings. The lowest BCUT2D eigenvalue weighted by molar-refractivity contribution is 0.559. The Balaban J connectivity index is 2.90. The zero-order valence-corrected chi connectivity index (χ0v) is 8.98. The Morgan fingerprint density at radius 2 is 2.14 bits per heavy atom. The molecule has 1 aromatic heterocycles. The van der Waals surface area contributed by atoms with E-state index in [1.807, 2.05) is 26.0 Å². The van der Waals surface area contributed by atoms with E-state index in [-0.39, 0.29) is 0 Å². The number of aryl methyl sites for hydroxylation is 2. The Bertz CT molecular complexity index is 487. The number of anilines is 1. The molecule has 2 nitrogen and oxygen atoms in total. The SMILES string of the molecule is CCc1oc2c(Cl)ccc(C)c2c1N. The molecule has 0 spiro atoms. The highest BCUT2D eigenvalue weighted by Gasteiger charge is 2.14. The van der Waals surface area contributed by atoms with Gasteiger partial charge < -0.3 is 10.2 Å². The van der Waals surface area contributed by atoms with Gasteiger partial charge in [0.05, 0.1) is 10.7 Å². The molecular weight excluding hydrogens is 198 g/mol. The summed E-state index contributed by atoms with van der Waals surface area (Å²) in [5.74, 6) is 0.816. The zero-order chi connectivity index (χ0) is 10.3. The van der Waals surface area contributed by atoms with E-state index in [1.54, 1.807) is 0 Å². The van der Waals surface area contributed by atoms with Gasteiger partial charge in [0.25, 0.3) is 0 Å². The van der Waals surface area contributed by atoms with Crippen molar-refractivity contribution in [2.45, 2.75) is 20.3 Å². The first-order chi connectivity index (χ1) is 6.65. The van der Waals surface area contributed by atoms with E-state index in [0.717, 1.165) is 28.8 Å². The first-order valence-electron chi connectivity index (χ1n) is 4.61. The van der Waals surface area contributed by atoms with Crippen molar-refractivity contribution >= 4 is 28.3 Å². The van der Waals surface area contributed by atoms with Crippen LogP contribution in [0.2, 0.25) is 5.02 Å². The molecule has 0 amide bonds. The lowest BCUT2D eigenvalue weighted by Gasteiger charge is -1.97. The average molecular weight is 210 g/mol. The maximum absolute atomic E-state index is 6.02. The van der Waals surface area contributed by atoms with Crippen molar-refractivity contribution in [3.8, 4) is 0 Å². The summed E-state index contributed by atoms with van der Waals surface area (Å²) in [5.41, 5.74) is 8.50. The van der Waals surface area contributed by atoms with E-state index >= 15 is 0 Å². The van der Waals surface area contributed by atoms with Crippen LogP contribution in [0.1, 0.15) is 18.2 Å². The van der Waals surface area contributed by atoms with E-state index < -0.39 is 0 Å². The number of hydrogen-bond donors (Lipinski definition) is 1. The Morgan fingerprint density at radius 3 is 2.71 bits per heavy atom. The zero-order valence-electron chi connectivity index (χ0n) is 8.23. The molecule has 0 fully saturated rings. The van der Waals surface area contributed by atoms with Gasteiger partial charge in [-0.1, -0.05) is 24.6 Å². The molecule has 0 saturated heterocycles. The molecule has 14 heavy (non-hydrogen) atoms. The van der Waals surface area contributed by atoms with Crippen molar-refractivity contribution in [1.29, 1.82) is 0 Å². The summed E-state index contributed by atoms with van der Waals surface area (Å²) in [7, 11) is 0. The molecule has 74 valence electrons. The van der Waals surface area contributed by atoms with Crippen LogP contribution in [0.5, 0.6) is 0 Å². The molecule has 0 aliphatic carbocycles. The predicted octanol–water partition coefficient (Wildman–Crippen LogP) is 3.54. The highest BCUT2D eigenvalue weighted by Crippen LogP contribution is 2.35. The van der Waals surface area contributed by atoms with Gasteiger partial charge in [0, 0.05) is 11.8 Å². The third-order valence-electron chi connectivity index (χ3n) is 2.43. The Labute approximate surface area is 87.6 Å². The van der Waals surface area contributed by atoms with E-state index in [1.165, 1.54) is 0 Å². The van der Waals surface area contributed by atoms with Crippen LogP contribution in [0.25, 0.3) is 11.0 Å². The monoisotopic (exact) mass is 209 g/mol. The summed E-state index contributed by atoms with van der Waals surface area (Å²) in [6.45, 7) is 4.02. The normalized spacial score (nSPS) is 11.1. The molecule has 0 radical (unpaired) electrons. The fourth-order valence-corrected chi connectivity index (χ4v) is 1.87. The summed E-state index contributed by atoms with van der Waals surface area (Å²) < 4.78 is 5.60. The smallest absolute Gasteiger partial charge is 0.155 e. The summed E-state index contributed by atoms with van der Waals surface area (Å²) >= 11 is 6.02. The number of rotatable bonds is 1. The number of benzene rings is 1. The second kappa shape index (κ2) is 3.21. The van der Waals surface area contributed by atoms with Gasteiger partial charge in [0.2, 0.25) is 0 Å². The van der Waals surface area contributed by atoms with Crippen molar-refractivity contribution < 1.29 is 4.42 Å². The fourth-order valence-electron chi connectivity index (χ4n) is 1.67. The molecule has 2 aromatic rings. The highest BCUT2D eigenvalue weighted by molar-refractivity contribution is 6.35.